The summed E-state index contributed by atoms with van der Waals surface area (Å²) in [5.74, 6) is 0. The Hall–Kier alpha value is -0.910. The molecule has 0 aliphatic heterocycles. The monoisotopic (exact) mass is 312 g/mol. The van der Waals surface area contributed by atoms with Gasteiger partial charge < -0.3 is 10.5 Å². The molecule has 2 rings (SSSR count). The van der Waals surface area contributed by atoms with Gasteiger partial charge in [0.15, 0.2) is 5.13 Å². The Morgan fingerprint density at radius 1 is 1.29 bits per heavy atom. The van der Waals surface area contributed by atoms with Crippen LogP contribution in [-0.4, -0.2) is 11.6 Å². The van der Waals surface area contributed by atoms with Gasteiger partial charge in [0.2, 0.25) is 0 Å². The average molecular weight is 313 g/mol. The van der Waals surface area contributed by atoms with Crippen molar-refractivity contribution < 1.29 is 4.74 Å². The highest BCUT2D eigenvalue weighted by molar-refractivity contribution is 9.10. The molecule has 0 bridgehead atoms. The van der Waals surface area contributed by atoms with Crippen molar-refractivity contribution >= 4 is 32.4 Å². The predicted molar refractivity (Wildman–Crippen MR) is 74.0 cm³/mol. The number of nitrogens with zero attached hydrogens (tertiary/aromatic N) is 1. The van der Waals surface area contributed by atoms with Crippen LogP contribution in [0.15, 0.2) is 34.9 Å². The standard InChI is InChI=1S/C12H13BrN2OS/c13-10-3-1-9(2-4-10)5-6-16-8-11-7-15-12(14)17-11/h1-4,7H,5-6,8H2,(H2,14,15). The molecule has 2 aromatic rings. The summed E-state index contributed by atoms with van der Waals surface area (Å²) in [6.45, 7) is 1.30. The van der Waals surface area contributed by atoms with Gasteiger partial charge in [0.1, 0.15) is 0 Å². The smallest absolute Gasteiger partial charge is 0.180 e. The van der Waals surface area contributed by atoms with E-state index >= 15 is 0 Å². The van der Waals surface area contributed by atoms with Gasteiger partial charge in [-0.1, -0.05) is 39.4 Å². The van der Waals surface area contributed by atoms with Gasteiger partial charge in [0.05, 0.1) is 18.1 Å². The van der Waals surface area contributed by atoms with Gasteiger partial charge in [0, 0.05) is 10.7 Å². The van der Waals surface area contributed by atoms with Gasteiger partial charge >= 0.3 is 0 Å². The fraction of sp³-hybridized carbons (Fsp3) is 0.250. The molecule has 0 aliphatic rings. The third-order valence-electron chi connectivity index (χ3n) is 2.26. The number of anilines is 1. The molecule has 0 amide bonds. The van der Waals surface area contributed by atoms with Crippen LogP contribution in [0.1, 0.15) is 10.4 Å². The quantitative estimate of drug-likeness (QED) is 0.862. The molecule has 90 valence electrons. The second-order valence-corrected chi connectivity index (χ2v) is 5.66. The summed E-state index contributed by atoms with van der Waals surface area (Å²) < 4.78 is 6.67. The molecule has 0 aliphatic carbocycles. The molecule has 17 heavy (non-hydrogen) atoms. The number of benzene rings is 1. The van der Waals surface area contributed by atoms with Gasteiger partial charge in [-0.2, -0.15) is 0 Å². The fourth-order valence-corrected chi connectivity index (χ4v) is 2.29. The Balaban J connectivity index is 1.71. The van der Waals surface area contributed by atoms with Crippen LogP contribution in [0.5, 0.6) is 0 Å². The maximum Gasteiger partial charge on any atom is 0.180 e. The summed E-state index contributed by atoms with van der Waals surface area (Å²) >= 11 is 4.88. The van der Waals surface area contributed by atoms with Crippen molar-refractivity contribution in [2.75, 3.05) is 12.3 Å². The number of aromatic nitrogens is 1. The van der Waals surface area contributed by atoms with E-state index < -0.39 is 0 Å². The molecule has 0 saturated heterocycles. The first-order valence-corrected chi connectivity index (χ1v) is 6.87. The zero-order valence-corrected chi connectivity index (χ0v) is 11.6. The molecule has 0 saturated carbocycles. The third kappa shape index (κ3) is 4.11. The number of thiazole rings is 1. The van der Waals surface area contributed by atoms with Gasteiger partial charge in [-0.05, 0) is 24.1 Å². The first-order valence-electron chi connectivity index (χ1n) is 5.26. The second-order valence-electron chi connectivity index (χ2n) is 3.59. The van der Waals surface area contributed by atoms with E-state index in [1.54, 1.807) is 6.20 Å². The minimum absolute atomic E-state index is 0.589. The minimum atomic E-state index is 0.589. The molecule has 0 spiro atoms. The van der Waals surface area contributed by atoms with Gasteiger partial charge in [-0.15, -0.1) is 0 Å². The van der Waals surface area contributed by atoms with Crippen molar-refractivity contribution in [1.82, 2.24) is 4.98 Å². The molecule has 3 nitrogen and oxygen atoms in total. The lowest BCUT2D eigenvalue weighted by Gasteiger charge is -2.02. The van der Waals surface area contributed by atoms with Crippen LogP contribution in [0.4, 0.5) is 5.13 Å². The third-order valence-corrected chi connectivity index (χ3v) is 3.59. The lowest BCUT2D eigenvalue weighted by molar-refractivity contribution is 0.126. The summed E-state index contributed by atoms with van der Waals surface area (Å²) in [6, 6.07) is 8.27. The van der Waals surface area contributed by atoms with Crippen molar-refractivity contribution in [3.05, 3.63) is 45.4 Å². The van der Waals surface area contributed by atoms with Crippen LogP contribution in [-0.2, 0) is 17.8 Å². The zero-order chi connectivity index (χ0) is 12.1. The SMILES string of the molecule is Nc1ncc(COCCc2ccc(Br)cc2)s1. The van der Waals surface area contributed by atoms with E-state index in [-0.39, 0.29) is 0 Å². The van der Waals surface area contributed by atoms with Crippen molar-refractivity contribution in [3.8, 4) is 0 Å². The van der Waals surface area contributed by atoms with Crippen LogP contribution in [0.3, 0.4) is 0 Å². The van der Waals surface area contributed by atoms with E-state index in [1.165, 1.54) is 16.9 Å². The van der Waals surface area contributed by atoms with E-state index in [0.717, 1.165) is 15.8 Å². The van der Waals surface area contributed by atoms with E-state index in [2.05, 4.69) is 33.0 Å². The topological polar surface area (TPSA) is 48.1 Å². The molecule has 0 atom stereocenters. The maximum atomic E-state index is 5.57. The van der Waals surface area contributed by atoms with E-state index in [1.807, 2.05) is 12.1 Å². The Morgan fingerprint density at radius 2 is 2.06 bits per heavy atom. The molecule has 1 aromatic heterocycles. The summed E-state index contributed by atoms with van der Waals surface area (Å²) in [6.07, 6.45) is 2.68. The fourth-order valence-electron chi connectivity index (χ4n) is 1.40. The Kier molecular flexibility index (Phi) is 4.53. The van der Waals surface area contributed by atoms with Crippen LogP contribution in [0.2, 0.25) is 0 Å². The van der Waals surface area contributed by atoms with Crippen LogP contribution in [0.25, 0.3) is 0 Å². The number of nitrogen functional groups attached to an aromatic ring is 1. The molecule has 5 heteroatoms. The lowest BCUT2D eigenvalue weighted by Crippen LogP contribution is -1.97. The largest absolute Gasteiger partial charge is 0.376 e. The highest BCUT2D eigenvalue weighted by Crippen LogP contribution is 2.15. The van der Waals surface area contributed by atoms with Gasteiger partial charge in [-0.3, -0.25) is 0 Å². The Labute approximate surface area is 113 Å². The van der Waals surface area contributed by atoms with Crippen molar-refractivity contribution in [2.45, 2.75) is 13.0 Å². The maximum absolute atomic E-state index is 5.57. The Morgan fingerprint density at radius 3 is 2.71 bits per heavy atom. The van der Waals surface area contributed by atoms with Crippen LogP contribution < -0.4 is 5.73 Å². The first kappa shape index (κ1) is 12.5. The van der Waals surface area contributed by atoms with Crippen molar-refractivity contribution in [3.63, 3.8) is 0 Å². The molecular formula is C12H13BrN2OS. The molecule has 0 unspecified atom stereocenters. The predicted octanol–water partition coefficient (Wildman–Crippen LogP) is 3.25. The second kappa shape index (κ2) is 6.14. The number of hydrogen-bond donors (Lipinski definition) is 1. The van der Waals surface area contributed by atoms with E-state index in [4.69, 9.17) is 10.5 Å². The van der Waals surface area contributed by atoms with E-state index in [9.17, 15) is 0 Å². The van der Waals surface area contributed by atoms with Crippen molar-refractivity contribution in [1.29, 1.82) is 0 Å². The highest BCUT2D eigenvalue weighted by atomic mass is 79.9. The van der Waals surface area contributed by atoms with Crippen LogP contribution >= 0.6 is 27.3 Å². The molecule has 0 fully saturated rings. The number of ether oxygens (including phenoxy) is 1. The number of hydrogen-bond acceptors (Lipinski definition) is 4. The van der Waals surface area contributed by atoms with Crippen molar-refractivity contribution in [2.24, 2.45) is 0 Å². The molecule has 2 N–H and O–H groups in total. The highest BCUT2D eigenvalue weighted by Gasteiger charge is 1.99. The minimum Gasteiger partial charge on any atom is -0.376 e. The molecule has 1 heterocycles. The average Bonchev–Trinajstić information content (AvgIpc) is 2.73. The Bertz CT molecular complexity index is 470. The van der Waals surface area contributed by atoms with Gasteiger partial charge in [0.25, 0.3) is 0 Å². The summed E-state index contributed by atoms with van der Waals surface area (Å²) in [7, 11) is 0. The zero-order valence-electron chi connectivity index (χ0n) is 9.23. The summed E-state index contributed by atoms with van der Waals surface area (Å²) in [5.41, 5.74) is 6.81. The summed E-state index contributed by atoms with van der Waals surface area (Å²) in [5, 5.41) is 0.594. The molecule has 1 aromatic carbocycles. The number of nitrogens with two attached hydrogens (primary N) is 1. The van der Waals surface area contributed by atoms with E-state index in [0.29, 0.717) is 18.3 Å². The lowest BCUT2D eigenvalue weighted by atomic mass is 10.2. The number of rotatable bonds is 5. The van der Waals surface area contributed by atoms with Crippen LogP contribution in [0, 0.1) is 0 Å². The van der Waals surface area contributed by atoms with Gasteiger partial charge in [-0.25, -0.2) is 4.98 Å². The molecule has 0 radical (unpaired) electrons. The molecular weight excluding hydrogens is 300 g/mol. The normalized spacial score (nSPS) is 10.6. The number of halogens is 1. The summed E-state index contributed by atoms with van der Waals surface area (Å²) in [4.78, 5) is 5.04. The first-order chi connectivity index (χ1) is 8.24.